The van der Waals surface area contributed by atoms with Gasteiger partial charge in [0.05, 0.1) is 27.7 Å². The molecule has 0 aromatic carbocycles. The molecule has 0 bridgehead atoms. The lowest BCUT2D eigenvalue weighted by Gasteiger charge is -2.15. The Balaban J connectivity index is 1.94. The van der Waals surface area contributed by atoms with Crippen molar-refractivity contribution in [3.63, 3.8) is 0 Å². The van der Waals surface area contributed by atoms with E-state index in [4.69, 9.17) is 4.98 Å². The molecule has 0 spiro atoms. The lowest BCUT2D eigenvalue weighted by molar-refractivity contribution is -0.115. The predicted molar refractivity (Wildman–Crippen MR) is 120 cm³/mol. The monoisotopic (exact) mass is 431 g/mol. The average molecular weight is 432 g/mol. The van der Waals surface area contributed by atoms with E-state index in [0.29, 0.717) is 21.9 Å². The number of aryl methyl sites for hydroxylation is 4. The molecule has 0 fully saturated rings. The van der Waals surface area contributed by atoms with Gasteiger partial charge in [-0.1, -0.05) is 17.8 Å². The van der Waals surface area contributed by atoms with Crippen LogP contribution in [0.4, 0.5) is 5.69 Å². The molecule has 7 nitrogen and oxygen atoms in total. The minimum Gasteiger partial charge on any atom is -0.322 e. The van der Waals surface area contributed by atoms with Crippen molar-refractivity contribution in [3.8, 4) is 0 Å². The molecular formula is C20H25N5O2S2. The van der Waals surface area contributed by atoms with Crippen LogP contribution in [-0.4, -0.2) is 30.5 Å². The van der Waals surface area contributed by atoms with E-state index >= 15 is 0 Å². The first-order chi connectivity index (χ1) is 13.6. The molecule has 3 aromatic rings. The first-order valence-corrected chi connectivity index (χ1v) is 10.9. The number of fused-ring (bicyclic) bond motifs is 1. The van der Waals surface area contributed by atoms with Gasteiger partial charge in [0.2, 0.25) is 5.91 Å². The zero-order chi connectivity index (χ0) is 21.5. The summed E-state index contributed by atoms with van der Waals surface area (Å²) in [5.74, 6) is -0.160. The highest BCUT2D eigenvalue weighted by molar-refractivity contribution is 8.00. The highest BCUT2D eigenvalue weighted by atomic mass is 32.2. The van der Waals surface area contributed by atoms with Crippen LogP contribution in [0.25, 0.3) is 10.2 Å². The second-order valence-corrected chi connectivity index (χ2v) is 9.49. The average Bonchev–Trinajstić information content (AvgIpc) is 3.07. The number of anilines is 1. The molecule has 0 saturated heterocycles. The van der Waals surface area contributed by atoms with Crippen LogP contribution >= 0.6 is 23.1 Å². The smallest absolute Gasteiger partial charge is 0.263 e. The van der Waals surface area contributed by atoms with Crippen molar-refractivity contribution in [1.82, 2.24) is 19.3 Å². The highest BCUT2D eigenvalue weighted by Gasteiger charge is 2.22. The largest absolute Gasteiger partial charge is 0.322 e. The van der Waals surface area contributed by atoms with Crippen LogP contribution < -0.4 is 10.9 Å². The highest BCUT2D eigenvalue weighted by Crippen LogP contribution is 2.30. The second-order valence-electron chi connectivity index (χ2n) is 6.98. The van der Waals surface area contributed by atoms with Gasteiger partial charge in [0.1, 0.15) is 4.83 Å². The van der Waals surface area contributed by atoms with Crippen molar-refractivity contribution in [2.24, 2.45) is 7.05 Å². The summed E-state index contributed by atoms with van der Waals surface area (Å²) >= 11 is 2.78. The normalized spacial score (nSPS) is 12.3. The molecule has 1 N–H and O–H groups in total. The van der Waals surface area contributed by atoms with Crippen LogP contribution in [0.2, 0.25) is 0 Å². The topological polar surface area (TPSA) is 81.8 Å². The zero-order valence-electron chi connectivity index (χ0n) is 17.5. The fraction of sp³-hybridized carbons (Fsp3) is 0.400. The van der Waals surface area contributed by atoms with Crippen molar-refractivity contribution in [2.45, 2.75) is 51.6 Å². The molecule has 1 unspecified atom stereocenters. The summed E-state index contributed by atoms with van der Waals surface area (Å²) in [6.45, 7) is 13.6. The van der Waals surface area contributed by atoms with Crippen molar-refractivity contribution >= 4 is 44.9 Å². The minimum atomic E-state index is -0.448. The molecule has 0 aliphatic carbocycles. The predicted octanol–water partition coefficient (Wildman–Crippen LogP) is 3.73. The zero-order valence-corrected chi connectivity index (χ0v) is 19.1. The third-order valence-electron chi connectivity index (χ3n) is 4.97. The Morgan fingerprint density at radius 3 is 2.62 bits per heavy atom. The van der Waals surface area contributed by atoms with Gasteiger partial charge < -0.3 is 5.32 Å². The quantitative estimate of drug-likeness (QED) is 0.365. The number of allylic oxidation sites excluding steroid dienone is 1. The van der Waals surface area contributed by atoms with Crippen molar-refractivity contribution in [3.05, 3.63) is 44.8 Å². The first-order valence-electron chi connectivity index (χ1n) is 9.24. The minimum absolute atomic E-state index is 0.0918. The maximum atomic E-state index is 13.1. The van der Waals surface area contributed by atoms with Gasteiger partial charge in [-0.25, -0.2) is 4.98 Å². The van der Waals surface area contributed by atoms with Gasteiger partial charge in [-0.3, -0.25) is 18.8 Å². The molecule has 29 heavy (non-hydrogen) atoms. The van der Waals surface area contributed by atoms with Crippen LogP contribution in [0.15, 0.2) is 22.6 Å². The Morgan fingerprint density at radius 1 is 1.34 bits per heavy atom. The Kier molecular flexibility index (Phi) is 6.00. The van der Waals surface area contributed by atoms with Gasteiger partial charge in [0, 0.05) is 18.5 Å². The molecule has 0 aliphatic heterocycles. The number of rotatable bonds is 6. The van der Waals surface area contributed by atoms with Crippen LogP contribution in [0.5, 0.6) is 0 Å². The number of thiophene rings is 1. The summed E-state index contributed by atoms with van der Waals surface area (Å²) in [6, 6.07) is 0. The SMILES string of the molecule is C=CCn1c(SC(C)C(=O)Nc2c(C)nn(C)c2C)nc2sc(C)c(C)c2c1=O. The maximum Gasteiger partial charge on any atom is 0.263 e. The molecule has 0 saturated carbocycles. The Morgan fingerprint density at radius 2 is 2.03 bits per heavy atom. The van der Waals surface area contributed by atoms with Crippen molar-refractivity contribution in [1.29, 1.82) is 0 Å². The Hall–Kier alpha value is -2.39. The number of carbonyl (C=O) groups excluding carboxylic acids is 1. The van der Waals surface area contributed by atoms with Crippen LogP contribution in [-0.2, 0) is 18.4 Å². The van der Waals surface area contributed by atoms with Gasteiger partial charge in [-0.2, -0.15) is 5.10 Å². The molecule has 3 heterocycles. The van der Waals surface area contributed by atoms with Gasteiger partial charge in [0.15, 0.2) is 5.16 Å². The van der Waals surface area contributed by atoms with Crippen LogP contribution in [0, 0.1) is 27.7 Å². The summed E-state index contributed by atoms with van der Waals surface area (Å²) in [5, 5.41) is 8.01. The lowest BCUT2D eigenvalue weighted by Crippen LogP contribution is -2.27. The van der Waals surface area contributed by atoms with E-state index in [1.165, 1.54) is 23.1 Å². The molecular weight excluding hydrogens is 406 g/mol. The third kappa shape index (κ3) is 3.89. The van der Waals surface area contributed by atoms with E-state index in [2.05, 4.69) is 17.0 Å². The van der Waals surface area contributed by atoms with Gasteiger partial charge in [-0.15, -0.1) is 17.9 Å². The number of thioether (sulfide) groups is 1. The maximum absolute atomic E-state index is 13.1. The molecule has 1 amide bonds. The molecule has 9 heteroatoms. The van der Waals surface area contributed by atoms with Gasteiger partial charge in [0.25, 0.3) is 5.56 Å². The van der Waals surface area contributed by atoms with Gasteiger partial charge >= 0.3 is 0 Å². The fourth-order valence-electron chi connectivity index (χ4n) is 3.08. The number of aromatic nitrogens is 4. The van der Waals surface area contributed by atoms with E-state index < -0.39 is 5.25 Å². The number of hydrogen-bond acceptors (Lipinski definition) is 6. The lowest BCUT2D eigenvalue weighted by atomic mass is 10.2. The standard InChI is InChI=1S/C20H25N5O2S2/c1-8-9-25-19(27)15-10(2)13(5)28-18(15)22-20(25)29-14(6)17(26)21-16-11(3)23-24(7)12(16)4/h8,14H,1,9H2,2-7H3,(H,21,26). The summed E-state index contributed by atoms with van der Waals surface area (Å²) in [7, 11) is 1.84. The van der Waals surface area contributed by atoms with Crippen LogP contribution in [0.3, 0.4) is 0 Å². The van der Waals surface area contributed by atoms with Crippen molar-refractivity contribution < 1.29 is 4.79 Å². The van der Waals surface area contributed by atoms with E-state index in [1.54, 1.807) is 22.2 Å². The number of amides is 1. The van der Waals surface area contributed by atoms with Gasteiger partial charge in [-0.05, 0) is 40.2 Å². The summed E-state index contributed by atoms with van der Waals surface area (Å²) in [5.41, 5.74) is 3.25. The molecule has 1 atom stereocenters. The van der Waals surface area contributed by atoms with E-state index in [1.807, 2.05) is 34.7 Å². The second kappa shape index (κ2) is 8.16. The molecule has 3 aromatic heterocycles. The number of nitrogens with one attached hydrogen (secondary N) is 1. The number of nitrogens with zero attached hydrogens (tertiary/aromatic N) is 4. The van der Waals surface area contributed by atoms with Crippen LogP contribution in [0.1, 0.15) is 28.8 Å². The fourth-order valence-corrected chi connectivity index (χ4v) is 5.07. The number of hydrogen-bond donors (Lipinski definition) is 1. The molecule has 0 aliphatic rings. The Bertz CT molecular complexity index is 1170. The summed E-state index contributed by atoms with van der Waals surface area (Å²) < 4.78 is 3.32. The summed E-state index contributed by atoms with van der Waals surface area (Å²) in [6.07, 6.45) is 1.67. The van der Waals surface area contributed by atoms with E-state index in [9.17, 15) is 9.59 Å². The Labute approximate surface area is 177 Å². The first kappa shape index (κ1) is 21.3. The van der Waals surface area contributed by atoms with E-state index in [-0.39, 0.29) is 11.5 Å². The van der Waals surface area contributed by atoms with E-state index in [0.717, 1.165) is 27.5 Å². The number of carbonyl (C=O) groups is 1. The molecule has 3 rings (SSSR count). The van der Waals surface area contributed by atoms with Crippen molar-refractivity contribution in [2.75, 3.05) is 5.32 Å². The molecule has 0 radical (unpaired) electrons. The summed E-state index contributed by atoms with van der Waals surface area (Å²) in [4.78, 5) is 32.4. The molecule has 154 valence electrons. The third-order valence-corrected chi connectivity index (χ3v) is 7.17.